The fraction of sp³-hybridized carbons (Fsp3) is 0.667. The van der Waals surface area contributed by atoms with Gasteiger partial charge in [0.05, 0.1) is 11.7 Å². The van der Waals surface area contributed by atoms with Crippen LogP contribution < -0.4 is 10.1 Å². The van der Waals surface area contributed by atoms with Crippen LogP contribution >= 0.6 is 0 Å². The maximum Gasteiger partial charge on any atom is 0.119 e. The molecular formula is C18H29NO2. The molecule has 1 unspecified atom stereocenters. The molecule has 0 spiro atoms. The van der Waals surface area contributed by atoms with E-state index in [0.717, 1.165) is 25.1 Å². The van der Waals surface area contributed by atoms with E-state index in [4.69, 9.17) is 9.47 Å². The zero-order chi connectivity index (χ0) is 15.5. The molecule has 1 aliphatic heterocycles. The third-order valence-electron chi connectivity index (χ3n) is 3.74. The number of hydrogen-bond acceptors (Lipinski definition) is 3. The first-order valence-corrected chi connectivity index (χ1v) is 7.88. The molecule has 118 valence electrons. The molecule has 2 rings (SSSR count). The van der Waals surface area contributed by atoms with Crippen LogP contribution in [0.2, 0.25) is 0 Å². The van der Waals surface area contributed by atoms with Crippen molar-refractivity contribution in [2.75, 3.05) is 6.61 Å². The monoisotopic (exact) mass is 291 g/mol. The maximum absolute atomic E-state index is 5.94. The molecule has 0 aromatic heterocycles. The number of hydrogen-bond donors (Lipinski definition) is 1. The molecule has 1 fully saturated rings. The molecule has 1 aliphatic rings. The van der Waals surface area contributed by atoms with Crippen molar-refractivity contribution in [3.05, 3.63) is 29.8 Å². The average molecular weight is 291 g/mol. The Bertz CT molecular complexity index is 445. The standard InChI is InChI=1S/C18H29NO2/c1-17(2,3)19-12-14-6-8-15(9-7-14)20-13-16-10-11-18(4,5)21-16/h6-9,16,19H,10-13H2,1-5H3. The molecule has 1 aromatic carbocycles. The number of benzene rings is 1. The lowest BCUT2D eigenvalue weighted by Gasteiger charge is -2.21. The molecule has 1 N–H and O–H groups in total. The number of rotatable bonds is 5. The van der Waals surface area contributed by atoms with Crippen LogP contribution in [-0.2, 0) is 11.3 Å². The molecule has 1 atom stereocenters. The predicted molar refractivity (Wildman–Crippen MR) is 86.7 cm³/mol. The molecule has 0 bridgehead atoms. The predicted octanol–water partition coefficient (Wildman–Crippen LogP) is 3.91. The lowest BCUT2D eigenvalue weighted by atomic mass is 10.1. The Kier molecular flexibility index (Phi) is 4.95. The Hall–Kier alpha value is -1.06. The van der Waals surface area contributed by atoms with Gasteiger partial charge in [0.2, 0.25) is 0 Å². The van der Waals surface area contributed by atoms with Crippen molar-refractivity contribution in [1.29, 1.82) is 0 Å². The van der Waals surface area contributed by atoms with Crippen molar-refractivity contribution in [1.82, 2.24) is 5.32 Å². The summed E-state index contributed by atoms with van der Waals surface area (Å²) in [5.74, 6) is 0.919. The molecule has 21 heavy (non-hydrogen) atoms. The van der Waals surface area contributed by atoms with Crippen molar-refractivity contribution in [3.8, 4) is 5.75 Å². The molecular weight excluding hydrogens is 262 g/mol. The van der Waals surface area contributed by atoms with Crippen LogP contribution in [0.1, 0.15) is 53.0 Å². The fourth-order valence-corrected chi connectivity index (χ4v) is 2.45. The highest BCUT2D eigenvalue weighted by molar-refractivity contribution is 5.27. The van der Waals surface area contributed by atoms with Gasteiger partial charge in [-0.05, 0) is 65.2 Å². The average Bonchev–Trinajstić information content (AvgIpc) is 2.74. The largest absolute Gasteiger partial charge is 0.491 e. The van der Waals surface area contributed by atoms with E-state index in [0.29, 0.717) is 6.61 Å². The van der Waals surface area contributed by atoms with Gasteiger partial charge in [-0.25, -0.2) is 0 Å². The number of nitrogens with one attached hydrogen (secondary N) is 1. The summed E-state index contributed by atoms with van der Waals surface area (Å²) in [5.41, 5.74) is 1.42. The van der Waals surface area contributed by atoms with Gasteiger partial charge in [0.25, 0.3) is 0 Å². The Morgan fingerprint density at radius 1 is 1.24 bits per heavy atom. The van der Waals surface area contributed by atoms with Crippen molar-refractivity contribution >= 4 is 0 Å². The highest BCUT2D eigenvalue weighted by Gasteiger charge is 2.31. The lowest BCUT2D eigenvalue weighted by Crippen LogP contribution is -2.35. The van der Waals surface area contributed by atoms with E-state index in [-0.39, 0.29) is 17.2 Å². The lowest BCUT2D eigenvalue weighted by molar-refractivity contribution is -0.0326. The highest BCUT2D eigenvalue weighted by Crippen LogP contribution is 2.29. The van der Waals surface area contributed by atoms with E-state index in [1.807, 2.05) is 12.1 Å². The van der Waals surface area contributed by atoms with E-state index in [1.54, 1.807) is 0 Å². The van der Waals surface area contributed by atoms with Crippen LogP contribution in [0.5, 0.6) is 5.75 Å². The van der Waals surface area contributed by atoms with Gasteiger partial charge in [-0.1, -0.05) is 12.1 Å². The number of ether oxygens (including phenoxy) is 2. The SMILES string of the molecule is CC(C)(C)NCc1ccc(OCC2CCC(C)(C)O2)cc1. The minimum atomic E-state index is 0.0104. The van der Waals surface area contributed by atoms with Crippen LogP contribution in [0.15, 0.2) is 24.3 Å². The van der Waals surface area contributed by atoms with Crippen LogP contribution in [0, 0.1) is 0 Å². The minimum absolute atomic E-state index is 0.0104. The Balaban J connectivity index is 1.77. The second-order valence-electron chi connectivity index (χ2n) is 7.60. The normalized spacial score (nSPS) is 21.5. The van der Waals surface area contributed by atoms with Gasteiger partial charge in [-0.3, -0.25) is 0 Å². The summed E-state index contributed by atoms with van der Waals surface area (Å²) < 4.78 is 11.8. The molecule has 1 aromatic rings. The summed E-state index contributed by atoms with van der Waals surface area (Å²) in [6.07, 6.45) is 2.42. The quantitative estimate of drug-likeness (QED) is 0.892. The van der Waals surface area contributed by atoms with E-state index >= 15 is 0 Å². The van der Waals surface area contributed by atoms with Crippen LogP contribution in [0.25, 0.3) is 0 Å². The molecule has 3 nitrogen and oxygen atoms in total. The molecule has 0 saturated carbocycles. The summed E-state index contributed by atoms with van der Waals surface area (Å²) in [6.45, 7) is 12.3. The molecule has 1 saturated heterocycles. The topological polar surface area (TPSA) is 30.5 Å². The molecule has 3 heteroatoms. The Morgan fingerprint density at radius 3 is 2.43 bits per heavy atom. The van der Waals surface area contributed by atoms with Gasteiger partial charge in [0.1, 0.15) is 12.4 Å². The minimum Gasteiger partial charge on any atom is -0.491 e. The summed E-state index contributed by atoms with van der Waals surface area (Å²) in [7, 11) is 0. The van der Waals surface area contributed by atoms with E-state index in [2.05, 4.69) is 52.1 Å². The van der Waals surface area contributed by atoms with Crippen LogP contribution in [-0.4, -0.2) is 23.9 Å². The van der Waals surface area contributed by atoms with E-state index < -0.39 is 0 Å². The van der Waals surface area contributed by atoms with Crippen molar-refractivity contribution in [2.24, 2.45) is 0 Å². The van der Waals surface area contributed by atoms with Crippen molar-refractivity contribution < 1.29 is 9.47 Å². The fourth-order valence-electron chi connectivity index (χ4n) is 2.45. The van der Waals surface area contributed by atoms with Gasteiger partial charge in [-0.15, -0.1) is 0 Å². The summed E-state index contributed by atoms with van der Waals surface area (Å²) in [4.78, 5) is 0. The second kappa shape index (κ2) is 6.37. The van der Waals surface area contributed by atoms with Crippen LogP contribution in [0.3, 0.4) is 0 Å². The molecule has 0 amide bonds. The first-order chi connectivity index (χ1) is 9.73. The maximum atomic E-state index is 5.94. The third kappa shape index (κ3) is 5.68. The van der Waals surface area contributed by atoms with Gasteiger partial charge in [0, 0.05) is 12.1 Å². The smallest absolute Gasteiger partial charge is 0.119 e. The summed E-state index contributed by atoms with van der Waals surface area (Å²) >= 11 is 0. The highest BCUT2D eigenvalue weighted by atomic mass is 16.6. The van der Waals surface area contributed by atoms with E-state index in [1.165, 1.54) is 5.56 Å². The Morgan fingerprint density at radius 2 is 1.90 bits per heavy atom. The van der Waals surface area contributed by atoms with Gasteiger partial charge < -0.3 is 14.8 Å². The zero-order valence-corrected chi connectivity index (χ0v) is 14.0. The first-order valence-electron chi connectivity index (χ1n) is 7.88. The van der Waals surface area contributed by atoms with Crippen LogP contribution in [0.4, 0.5) is 0 Å². The second-order valence-corrected chi connectivity index (χ2v) is 7.60. The zero-order valence-electron chi connectivity index (χ0n) is 14.0. The van der Waals surface area contributed by atoms with Crippen molar-refractivity contribution in [2.45, 2.75) is 71.2 Å². The summed E-state index contributed by atoms with van der Waals surface area (Å²) in [6, 6.07) is 8.32. The Labute approximate surface area is 129 Å². The van der Waals surface area contributed by atoms with Gasteiger partial charge in [-0.2, -0.15) is 0 Å². The third-order valence-corrected chi connectivity index (χ3v) is 3.74. The molecule has 1 heterocycles. The molecule has 0 radical (unpaired) electrons. The van der Waals surface area contributed by atoms with Gasteiger partial charge >= 0.3 is 0 Å². The molecule has 0 aliphatic carbocycles. The van der Waals surface area contributed by atoms with Crippen molar-refractivity contribution in [3.63, 3.8) is 0 Å². The first kappa shape index (κ1) is 16.3. The van der Waals surface area contributed by atoms with Gasteiger partial charge in [0.15, 0.2) is 0 Å². The van der Waals surface area contributed by atoms with E-state index in [9.17, 15) is 0 Å². The summed E-state index contributed by atoms with van der Waals surface area (Å²) in [5, 5.41) is 3.48.